The number of phenolic OH excluding ortho intramolecular Hbond substituents is 1. The summed E-state index contributed by atoms with van der Waals surface area (Å²) < 4.78 is 0. The molecule has 3 aromatic rings. The Morgan fingerprint density at radius 3 is 2.79 bits per heavy atom. The molecule has 0 fully saturated rings. The zero-order valence-corrected chi connectivity index (χ0v) is 14.9. The van der Waals surface area contributed by atoms with Crippen molar-refractivity contribution < 1.29 is 9.90 Å². The third-order valence-corrected chi connectivity index (χ3v) is 5.04. The van der Waals surface area contributed by atoms with Gasteiger partial charge in [-0.1, -0.05) is 31.5 Å². The van der Waals surface area contributed by atoms with E-state index in [4.69, 9.17) is 11.6 Å². The molecule has 0 bridgehead atoms. The molecule has 0 spiro atoms. The number of nitrogens with one attached hydrogen (secondary N) is 1. The van der Waals surface area contributed by atoms with Gasteiger partial charge in [0.2, 0.25) is 5.91 Å². The predicted octanol–water partition coefficient (Wildman–Crippen LogP) is 4.52. The van der Waals surface area contributed by atoms with Gasteiger partial charge in [0, 0.05) is 27.9 Å². The lowest BCUT2D eigenvalue weighted by Gasteiger charge is -2.21. The van der Waals surface area contributed by atoms with Crippen molar-refractivity contribution in [1.29, 1.82) is 0 Å². The molecular weight excluding hydrogens is 344 g/mol. The number of hydrogen-bond acceptors (Lipinski definition) is 4. The number of rotatable bonds is 4. The third kappa shape index (κ3) is 3.09. The van der Waals surface area contributed by atoms with Gasteiger partial charge in [0.1, 0.15) is 11.3 Å². The molecule has 0 aliphatic carbocycles. The summed E-state index contributed by atoms with van der Waals surface area (Å²) in [6, 6.07) is 8.64. The van der Waals surface area contributed by atoms with Crippen LogP contribution in [0.2, 0.25) is 5.02 Å². The number of aromatic nitrogens is 1. The van der Waals surface area contributed by atoms with Gasteiger partial charge in [0.05, 0.1) is 11.1 Å². The fourth-order valence-electron chi connectivity index (χ4n) is 2.49. The lowest BCUT2D eigenvalue weighted by atomic mass is 10.0. The maximum Gasteiger partial charge on any atom is 0.223 e. The van der Waals surface area contributed by atoms with Gasteiger partial charge in [-0.2, -0.15) is 0 Å². The second-order valence-corrected chi connectivity index (χ2v) is 7.19. The van der Waals surface area contributed by atoms with Crippen molar-refractivity contribution >= 4 is 39.7 Å². The Morgan fingerprint density at radius 2 is 2.12 bits per heavy atom. The number of carbonyl (C=O) groups excluding carboxylic acids is 1. The van der Waals surface area contributed by atoms with E-state index in [2.05, 4.69) is 10.3 Å². The number of halogens is 1. The van der Waals surface area contributed by atoms with Crippen LogP contribution in [0.25, 0.3) is 10.9 Å². The van der Waals surface area contributed by atoms with E-state index < -0.39 is 6.04 Å². The van der Waals surface area contributed by atoms with Crippen LogP contribution in [-0.4, -0.2) is 16.0 Å². The molecule has 0 aliphatic heterocycles. The zero-order valence-electron chi connectivity index (χ0n) is 13.3. The van der Waals surface area contributed by atoms with E-state index in [1.807, 2.05) is 31.4 Å². The quantitative estimate of drug-likeness (QED) is 0.719. The molecule has 4 nitrogen and oxygen atoms in total. The molecule has 6 heteroatoms. The van der Waals surface area contributed by atoms with E-state index in [0.717, 1.165) is 4.88 Å². The van der Waals surface area contributed by atoms with Gasteiger partial charge in [-0.15, -0.1) is 11.3 Å². The van der Waals surface area contributed by atoms with E-state index in [0.29, 0.717) is 21.5 Å². The number of fused-ring (bicyclic) bond motifs is 1. The van der Waals surface area contributed by atoms with Gasteiger partial charge in [-0.3, -0.25) is 9.78 Å². The third-order valence-electron chi connectivity index (χ3n) is 3.79. The van der Waals surface area contributed by atoms with Crippen LogP contribution in [0, 0.1) is 5.92 Å². The molecule has 0 saturated heterocycles. The first-order valence-corrected chi connectivity index (χ1v) is 8.84. The van der Waals surface area contributed by atoms with Crippen molar-refractivity contribution in [3.63, 3.8) is 0 Å². The summed E-state index contributed by atoms with van der Waals surface area (Å²) in [6.07, 6.45) is 1.61. The lowest BCUT2D eigenvalue weighted by Crippen LogP contribution is -2.32. The molecule has 2 aromatic heterocycles. The van der Waals surface area contributed by atoms with Crippen LogP contribution in [0.5, 0.6) is 5.75 Å². The van der Waals surface area contributed by atoms with Gasteiger partial charge in [-0.05, 0) is 29.6 Å². The molecule has 2 N–H and O–H groups in total. The number of phenols is 1. The Balaban J connectivity index is 2.16. The number of thiophene rings is 1. The minimum absolute atomic E-state index is 0.0393. The van der Waals surface area contributed by atoms with Crippen molar-refractivity contribution in [3.05, 3.63) is 57.4 Å². The fraction of sp³-hybridized carbons (Fsp3) is 0.222. The van der Waals surface area contributed by atoms with E-state index in [1.54, 1.807) is 24.4 Å². The summed E-state index contributed by atoms with van der Waals surface area (Å²) in [5, 5.41) is 16.8. The highest BCUT2D eigenvalue weighted by Gasteiger charge is 2.24. The smallest absolute Gasteiger partial charge is 0.223 e. The number of amides is 1. The van der Waals surface area contributed by atoms with E-state index in [9.17, 15) is 9.90 Å². The topological polar surface area (TPSA) is 62.2 Å². The summed E-state index contributed by atoms with van der Waals surface area (Å²) in [4.78, 5) is 17.4. The molecule has 0 saturated carbocycles. The first-order valence-electron chi connectivity index (χ1n) is 7.59. The van der Waals surface area contributed by atoms with Crippen LogP contribution < -0.4 is 5.32 Å². The van der Waals surface area contributed by atoms with Crippen molar-refractivity contribution in [2.75, 3.05) is 0 Å². The summed E-state index contributed by atoms with van der Waals surface area (Å²) in [6.45, 7) is 3.66. The molecule has 0 radical (unpaired) electrons. The summed E-state index contributed by atoms with van der Waals surface area (Å²) >= 11 is 7.89. The molecule has 1 aromatic carbocycles. The average molecular weight is 361 g/mol. The van der Waals surface area contributed by atoms with E-state index >= 15 is 0 Å². The predicted molar refractivity (Wildman–Crippen MR) is 97.6 cm³/mol. The van der Waals surface area contributed by atoms with Gasteiger partial charge in [-0.25, -0.2) is 0 Å². The second-order valence-electron chi connectivity index (χ2n) is 5.81. The lowest BCUT2D eigenvalue weighted by molar-refractivity contribution is -0.124. The Kier molecular flexibility index (Phi) is 4.73. The van der Waals surface area contributed by atoms with Crippen molar-refractivity contribution in [1.82, 2.24) is 10.3 Å². The van der Waals surface area contributed by atoms with E-state index in [1.165, 1.54) is 11.3 Å². The summed E-state index contributed by atoms with van der Waals surface area (Å²) in [7, 11) is 0. The number of nitrogens with zero attached hydrogens (tertiary/aromatic N) is 1. The standard InChI is InChI=1S/C18H17ClN2O2S/c1-10(2)18(23)21-15(14-6-4-8-24-14)12-9-13(19)11-5-3-7-20-16(11)17(12)22/h3-10,15,22H,1-2H3,(H,21,23)/t15-/m0/s1. The molecule has 0 aliphatic rings. The Labute approximate surface area is 149 Å². The highest BCUT2D eigenvalue weighted by molar-refractivity contribution is 7.10. The summed E-state index contributed by atoms with van der Waals surface area (Å²) in [5.74, 6) is -0.217. The summed E-state index contributed by atoms with van der Waals surface area (Å²) in [5.41, 5.74) is 0.975. The Morgan fingerprint density at radius 1 is 1.33 bits per heavy atom. The van der Waals surface area contributed by atoms with Crippen molar-refractivity contribution in [3.8, 4) is 5.75 Å². The van der Waals surface area contributed by atoms with Crippen LogP contribution in [0.4, 0.5) is 0 Å². The maximum atomic E-state index is 12.2. The maximum absolute atomic E-state index is 12.2. The largest absolute Gasteiger partial charge is 0.505 e. The van der Waals surface area contributed by atoms with Crippen LogP contribution in [0.3, 0.4) is 0 Å². The number of benzene rings is 1. The Hall–Kier alpha value is -2.11. The van der Waals surface area contributed by atoms with Crippen LogP contribution in [0.15, 0.2) is 41.9 Å². The molecule has 24 heavy (non-hydrogen) atoms. The highest BCUT2D eigenvalue weighted by Crippen LogP contribution is 2.39. The number of aromatic hydroxyl groups is 1. The number of carbonyl (C=O) groups is 1. The minimum Gasteiger partial charge on any atom is -0.505 e. The van der Waals surface area contributed by atoms with Crippen LogP contribution in [-0.2, 0) is 4.79 Å². The molecule has 3 rings (SSSR count). The molecule has 124 valence electrons. The second kappa shape index (κ2) is 6.79. The molecular formula is C18H17ClN2O2S. The van der Waals surface area contributed by atoms with Gasteiger partial charge in [0.15, 0.2) is 0 Å². The SMILES string of the molecule is CC(C)C(=O)N[C@H](c1cccs1)c1cc(Cl)c2cccnc2c1O. The first-order chi connectivity index (χ1) is 11.5. The monoisotopic (exact) mass is 360 g/mol. The number of hydrogen-bond donors (Lipinski definition) is 2. The van der Waals surface area contributed by atoms with Crippen LogP contribution >= 0.6 is 22.9 Å². The average Bonchev–Trinajstić information content (AvgIpc) is 3.10. The van der Waals surface area contributed by atoms with Gasteiger partial charge >= 0.3 is 0 Å². The normalized spacial score (nSPS) is 12.5. The first kappa shape index (κ1) is 16.7. The van der Waals surface area contributed by atoms with Crippen LogP contribution in [0.1, 0.15) is 30.3 Å². The van der Waals surface area contributed by atoms with E-state index in [-0.39, 0.29) is 17.6 Å². The highest BCUT2D eigenvalue weighted by atomic mass is 35.5. The van der Waals surface area contributed by atoms with Gasteiger partial charge < -0.3 is 10.4 Å². The van der Waals surface area contributed by atoms with Gasteiger partial charge in [0.25, 0.3) is 0 Å². The zero-order chi connectivity index (χ0) is 17.3. The van der Waals surface area contributed by atoms with Crippen molar-refractivity contribution in [2.45, 2.75) is 19.9 Å². The molecule has 0 unspecified atom stereocenters. The Bertz CT molecular complexity index is 878. The fourth-order valence-corrected chi connectivity index (χ4v) is 3.56. The van der Waals surface area contributed by atoms with Crippen molar-refractivity contribution in [2.24, 2.45) is 5.92 Å². The molecule has 2 heterocycles. The minimum atomic E-state index is -0.469. The number of pyridine rings is 1. The molecule has 1 amide bonds. The molecule has 1 atom stereocenters.